The smallest absolute Gasteiger partial charge is 0.306 e. The fraction of sp³-hybridized carbons (Fsp3) is 0.846. The van der Waals surface area contributed by atoms with Crippen LogP contribution in [-0.4, -0.2) is 25.2 Å². The first-order valence-corrected chi connectivity index (χ1v) is 6.43. The van der Waals surface area contributed by atoms with E-state index in [2.05, 4.69) is 0 Å². The summed E-state index contributed by atoms with van der Waals surface area (Å²) in [6.07, 6.45) is 4.77. The summed E-state index contributed by atoms with van der Waals surface area (Å²) in [5, 5.41) is 0. The minimum absolute atomic E-state index is 0.000977. The molecule has 0 saturated heterocycles. The van der Waals surface area contributed by atoms with Gasteiger partial charge >= 0.3 is 11.9 Å². The van der Waals surface area contributed by atoms with E-state index in [-0.39, 0.29) is 17.4 Å². The minimum atomic E-state index is -0.164. The van der Waals surface area contributed by atoms with Crippen LogP contribution < -0.4 is 0 Å². The molecule has 1 rings (SSSR count). The van der Waals surface area contributed by atoms with E-state index >= 15 is 0 Å². The van der Waals surface area contributed by atoms with Crippen LogP contribution in [0, 0.1) is 5.41 Å². The summed E-state index contributed by atoms with van der Waals surface area (Å²) in [5.41, 5.74) is -0.000977. The molecular weight excluding hydrogens is 220 g/mol. The van der Waals surface area contributed by atoms with Gasteiger partial charge in [-0.05, 0) is 38.5 Å². The number of rotatable bonds is 7. The molecule has 0 atom stereocenters. The average molecular weight is 242 g/mol. The molecule has 0 spiro atoms. The second kappa shape index (κ2) is 6.62. The van der Waals surface area contributed by atoms with Crippen LogP contribution in [0.1, 0.15) is 52.4 Å². The van der Waals surface area contributed by atoms with E-state index in [9.17, 15) is 9.59 Å². The maximum Gasteiger partial charge on any atom is 0.306 e. The zero-order valence-electron chi connectivity index (χ0n) is 10.8. The third-order valence-electron chi connectivity index (χ3n) is 3.40. The Morgan fingerprint density at radius 3 is 2.12 bits per heavy atom. The van der Waals surface area contributed by atoms with Crippen molar-refractivity contribution in [3.8, 4) is 0 Å². The van der Waals surface area contributed by atoms with Gasteiger partial charge < -0.3 is 9.47 Å². The largest absolute Gasteiger partial charge is 0.466 e. The van der Waals surface area contributed by atoms with E-state index < -0.39 is 0 Å². The SMILES string of the molecule is CCOC(=O)CCC1(CC(=O)OCC)CCC1. The summed E-state index contributed by atoms with van der Waals surface area (Å²) >= 11 is 0. The fourth-order valence-corrected chi connectivity index (χ4v) is 2.31. The summed E-state index contributed by atoms with van der Waals surface area (Å²) < 4.78 is 9.88. The van der Waals surface area contributed by atoms with Crippen LogP contribution in [0.2, 0.25) is 0 Å². The van der Waals surface area contributed by atoms with E-state index in [1.165, 1.54) is 0 Å². The third-order valence-corrected chi connectivity index (χ3v) is 3.40. The molecule has 1 fully saturated rings. The van der Waals surface area contributed by atoms with Gasteiger partial charge in [0, 0.05) is 6.42 Å². The average Bonchev–Trinajstić information content (AvgIpc) is 2.22. The van der Waals surface area contributed by atoms with Crippen LogP contribution in [0.4, 0.5) is 0 Å². The first kappa shape index (κ1) is 14.0. The Kier molecular flexibility index (Phi) is 5.45. The van der Waals surface area contributed by atoms with Gasteiger partial charge in [0.2, 0.25) is 0 Å². The lowest BCUT2D eigenvalue weighted by Gasteiger charge is -2.41. The van der Waals surface area contributed by atoms with E-state index in [1.54, 1.807) is 6.92 Å². The number of hydrogen-bond donors (Lipinski definition) is 0. The lowest BCUT2D eigenvalue weighted by atomic mass is 9.64. The lowest BCUT2D eigenvalue weighted by Crippen LogP contribution is -2.33. The van der Waals surface area contributed by atoms with E-state index in [1.807, 2.05) is 6.92 Å². The highest BCUT2D eigenvalue weighted by Gasteiger charge is 2.39. The van der Waals surface area contributed by atoms with Crippen LogP contribution in [0.25, 0.3) is 0 Å². The topological polar surface area (TPSA) is 52.6 Å². The molecule has 0 amide bonds. The van der Waals surface area contributed by atoms with Crippen molar-refractivity contribution >= 4 is 11.9 Å². The van der Waals surface area contributed by atoms with Crippen LogP contribution in [-0.2, 0) is 19.1 Å². The summed E-state index contributed by atoms with van der Waals surface area (Å²) in [5.74, 6) is -0.307. The predicted molar refractivity (Wildman–Crippen MR) is 63.4 cm³/mol. The van der Waals surface area contributed by atoms with Crippen LogP contribution in [0.15, 0.2) is 0 Å². The molecule has 1 saturated carbocycles. The van der Waals surface area contributed by atoms with Crippen molar-refractivity contribution in [2.45, 2.75) is 52.4 Å². The van der Waals surface area contributed by atoms with Gasteiger partial charge in [0.15, 0.2) is 0 Å². The summed E-state index contributed by atoms with van der Waals surface area (Å²) in [6, 6.07) is 0. The number of esters is 2. The predicted octanol–water partition coefficient (Wildman–Crippen LogP) is 2.45. The number of hydrogen-bond acceptors (Lipinski definition) is 4. The zero-order valence-corrected chi connectivity index (χ0v) is 10.8. The minimum Gasteiger partial charge on any atom is -0.466 e. The highest BCUT2D eigenvalue weighted by molar-refractivity contribution is 5.71. The molecule has 0 aromatic heterocycles. The van der Waals surface area contributed by atoms with Gasteiger partial charge in [-0.25, -0.2) is 0 Å². The highest BCUT2D eigenvalue weighted by atomic mass is 16.5. The maximum atomic E-state index is 11.5. The molecule has 0 radical (unpaired) electrons. The second-order valence-electron chi connectivity index (χ2n) is 4.64. The van der Waals surface area contributed by atoms with Crippen molar-refractivity contribution in [3.63, 3.8) is 0 Å². The lowest BCUT2D eigenvalue weighted by molar-refractivity contribution is -0.150. The van der Waals surface area contributed by atoms with Crippen molar-refractivity contribution in [2.24, 2.45) is 5.41 Å². The maximum absolute atomic E-state index is 11.5. The molecule has 0 unspecified atom stereocenters. The third kappa shape index (κ3) is 4.36. The van der Waals surface area contributed by atoms with Crippen molar-refractivity contribution in [1.82, 2.24) is 0 Å². The molecule has 4 nitrogen and oxygen atoms in total. The van der Waals surface area contributed by atoms with Gasteiger partial charge in [-0.2, -0.15) is 0 Å². The molecule has 0 N–H and O–H groups in total. The Hall–Kier alpha value is -1.06. The standard InChI is InChI=1S/C13H22O4/c1-3-16-11(14)6-9-13(7-5-8-13)10-12(15)17-4-2/h3-10H2,1-2H3. The first-order valence-electron chi connectivity index (χ1n) is 6.43. The molecule has 17 heavy (non-hydrogen) atoms. The second-order valence-corrected chi connectivity index (χ2v) is 4.64. The molecule has 0 heterocycles. The van der Waals surface area contributed by atoms with Crippen molar-refractivity contribution in [2.75, 3.05) is 13.2 Å². The van der Waals surface area contributed by atoms with Crippen LogP contribution in [0.3, 0.4) is 0 Å². The van der Waals surface area contributed by atoms with Gasteiger partial charge in [0.05, 0.1) is 19.6 Å². The molecule has 4 heteroatoms. The van der Waals surface area contributed by atoms with Gasteiger partial charge in [0.25, 0.3) is 0 Å². The van der Waals surface area contributed by atoms with Gasteiger partial charge in [0.1, 0.15) is 0 Å². The Bertz CT molecular complexity index is 269. The summed E-state index contributed by atoms with van der Waals surface area (Å²) in [6.45, 7) is 4.45. The monoisotopic (exact) mass is 242 g/mol. The zero-order chi connectivity index (χ0) is 12.7. The normalized spacial score (nSPS) is 17.1. The summed E-state index contributed by atoms with van der Waals surface area (Å²) in [7, 11) is 0. The Labute approximate surface area is 103 Å². The van der Waals surface area contributed by atoms with Gasteiger partial charge in [-0.15, -0.1) is 0 Å². The van der Waals surface area contributed by atoms with Crippen molar-refractivity contribution < 1.29 is 19.1 Å². The van der Waals surface area contributed by atoms with Crippen LogP contribution in [0.5, 0.6) is 0 Å². The molecule has 0 bridgehead atoms. The molecule has 98 valence electrons. The number of carbonyl (C=O) groups is 2. The number of ether oxygens (including phenoxy) is 2. The first-order chi connectivity index (χ1) is 8.12. The van der Waals surface area contributed by atoms with Crippen LogP contribution >= 0.6 is 0 Å². The Balaban J connectivity index is 2.35. The van der Waals surface area contributed by atoms with Crippen molar-refractivity contribution in [1.29, 1.82) is 0 Å². The molecular formula is C13H22O4. The molecule has 1 aliphatic rings. The summed E-state index contributed by atoms with van der Waals surface area (Å²) in [4.78, 5) is 22.8. The highest BCUT2D eigenvalue weighted by Crippen LogP contribution is 2.47. The van der Waals surface area contributed by atoms with Crippen molar-refractivity contribution in [3.05, 3.63) is 0 Å². The number of carbonyl (C=O) groups excluding carboxylic acids is 2. The Morgan fingerprint density at radius 2 is 1.65 bits per heavy atom. The van der Waals surface area contributed by atoms with E-state index in [0.717, 1.165) is 25.7 Å². The fourth-order valence-electron chi connectivity index (χ4n) is 2.31. The molecule has 0 aliphatic heterocycles. The van der Waals surface area contributed by atoms with Gasteiger partial charge in [-0.1, -0.05) is 6.42 Å². The van der Waals surface area contributed by atoms with E-state index in [4.69, 9.17) is 9.47 Å². The molecule has 0 aromatic carbocycles. The Morgan fingerprint density at radius 1 is 1.06 bits per heavy atom. The molecule has 1 aliphatic carbocycles. The molecule has 0 aromatic rings. The van der Waals surface area contributed by atoms with E-state index in [0.29, 0.717) is 26.1 Å². The quantitative estimate of drug-likeness (QED) is 0.643. The van der Waals surface area contributed by atoms with Gasteiger partial charge in [-0.3, -0.25) is 9.59 Å².